The molecular weight excluding hydrogens is 691 g/mol. The lowest BCUT2D eigenvalue weighted by Crippen LogP contribution is -2.48. The van der Waals surface area contributed by atoms with Crippen molar-refractivity contribution in [3.63, 3.8) is 0 Å². The fourth-order valence-electron chi connectivity index (χ4n) is 7.82. The van der Waals surface area contributed by atoms with Gasteiger partial charge < -0.3 is 23.7 Å². The lowest BCUT2D eigenvalue weighted by molar-refractivity contribution is -0.0396. The van der Waals surface area contributed by atoms with Crippen molar-refractivity contribution in [1.82, 2.24) is 24.5 Å². The lowest BCUT2D eigenvalue weighted by atomic mass is 10.1. The van der Waals surface area contributed by atoms with Crippen LogP contribution in [0.25, 0.3) is 0 Å². The van der Waals surface area contributed by atoms with Crippen LogP contribution in [-0.2, 0) is 23.7 Å². The Kier molecular flexibility index (Phi) is 31.3. The molecule has 5 aliphatic rings. The normalized spacial score (nSPS) is 27.6. The van der Waals surface area contributed by atoms with Gasteiger partial charge in [0.15, 0.2) is 0 Å². The van der Waals surface area contributed by atoms with Gasteiger partial charge in [-0.3, -0.25) is 24.5 Å². The van der Waals surface area contributed by atoms with E-state index in [9.17, 15) is 0 Å². The molecule has 10 nitrogen and oxygen atoms in total. The van der Waals surface area contributed by atoms with Crippen LogP contribution in [0.2, 0.25) is 0 Å². The van der Waals surface area contributed by atoms with Crippen molar-refractivity contribution >= 4 is 0 Å². The van der Waals surface area contributed by atoms with Crippen LogP contribution in [0.4, 0.5) is 0 Å². The zero-order valence-corrected chi connectivity index (χ0v) is 38.5. The minimum Gasteiger partial charge on any atom is -0.379 e. The minimum atomic E-state index is 0. The smallest absolute Gasteiger partial charge is 0.0700 e. The maximum Gasteiger partial charge on any atom is 0.0700 e. The first-order valence-electron chi connectivity index (χ1n) is 22.4. The van der Waals surface area contributed by atoms with Gasteiger partial charge >= 0.3 is 0 Å². The molecule has 0 radical (unpaired) electrons. The first-order chi connectivity index (χ1) is 25.7. The Labute approximate surface area is 343 Å². The third-order valence-electron chi connectivity index (χ3n) is 11.6. The highest BCUT2D eigenvalue weighted by Gasteiger charge is 2.25. The zero-order valence-electron chi connectivity index (χ0n) is 38.5. The van der Waals surface area contributed by atoms with E-state index in [-0.39, 0.29) is 7.43 Å². The molecule has 5 saturated heterocycles. The van der Waals surface area contributed by atoms with Gasteiger partial charge in [-0.05, 0) is 102 Å². The van der Waals surface area contributed by atoms with E-state index in [0.29, 0.717) is 60.5 Å². The molecule has 55 heavy (non-hydrogen) atoms. The lowest BCUT2D eigenvalue weighted by Gasteiger charge is -2.37. The van der Waals surface area contributed by atoms with Gasteiger partial charge in [0.1, 0.15) is 0 Å². The molecule has 5 fully saturated rings. The molecule has 0 saturated carbocycles. The van der Waals surface area contributed by atoms with Crippen molar-refractivity contribution in [2.24, 2.45) is 0 Å². The van der Waals surface area contributed by atoms with E-state index in [2.05, 4.69) is 128 Å². The molecule has 0 aromatic carbocycles. The van der Waals surface area contributed by atoms with E-state index in [1.54, 1.807) is 0 Å². The Morgan fingerprint density at radius 2 is 0.782 bits per heavy atom. The first-order valence-corrected chi connectivity index (χ1v) is 22.4. The van der Waals surface area contributed by atoms with Gasteiger partial charge in [0.05, 0.1) is 65.1 Å². The van der Waals surface area contributed by atoms with Gasteiger partial charge in [0.25, 0.3) is 0 Å². The molecule has 0 N–H and O–H groups in total. The summed E-state index contributed by atoms with van der Waals surface area (Å²) in [6, 6.07) is 5.27. The van der Waals surface area contributed by atoms with Crippen LogP contribution in [0.1, 0.15) is 137 Å². The number of nitrogens with zero attached hydrogens (tertiary/aromatic N) is 5. The molecule has 0 aliphatic carbocycles. The Bertz CT molecular complexity index is 825. The van der Waals surface area contributed by atoms with Crippen molar-refractivity contribution < 1.29 is 23.7 Å². The van der Waals surface area contributed by atoms with Gasteiger partial charge in [-0.15, -0.1) is 0 Å². The molecule has 332 valence electrons. The van der Waals surface area contributed by atoms with Crippen LogP contribution < -0.4 is 0 Å². The van der Waals surface area contributed by atoms with E-state index in [4.69, 9.17) is 23.7 Å². The second kappa shape index (κ2) is 31.5. The molecule has 0 aromatic rings. The van der Waals surface area contributed by atoms with Gasteiger partial charge in [-0.25, -0.2) is 0 Å². The summed E-state index contributed by atoms with van der Waals surface area (Å²) in [7, 11) is 0. The molecule has 5 unspecified atom stereocenters. The molecule has 0 bridgehead atoms. The van der Waals surface area contributed by atoms with Crippen LogP contribution in [0.15, 0.2) is 0 Å². The van der Waals surface area contributed by atoms with E-state index in [1.165, 1.54) is 12.8 Å². The number of morpholine rings is 5. The predicted octanol–water partition coefficient (Wildman–Crippen LogP) is 7.77. The van der Waals surface area contributed by atoms with Crippen LogP contribution in [-0.4, -0.2) is 184 Å². The summed E-state index contributed by atoms with van der Waals surface area (Å²) in [5.74, 6) is 0. The van der Waals surface area contributed by atoms with Crippen molar-refractivity contribution in [3.05, 3.63) is 0 Å². The Morgan fingerprint density at radius 1 is 0.436 bits per heavy atom. The largest absolute Gasteiger partial charge is 0.379 e. The van der Waals surface area contributed by atoms with Crippen LogP contribution in [0.3, 0.4) is 0 Å². The molecule has 0 amide bonds. The molecule has 0 aromatic heterocycles. The average molecular weight is 788 g/mol. The fraction of sp³-hybridized carbons (Fsp3) is 1.00. The van der Waals surface area contributed by atoms with Gasteiger partial charge in [0.2, 0.25) is 0 Å². The number of ether oxygens (including phenoxy) is 5. The minimum absolute atomic E-state index is 0. The van der Waals surface area contributed by atoms with Crippen LogP contribution in [0, 0.1) is 0 Å². The first kappa shape index (κ1) is 54.6. The SMILES string of the molecule is C.CC(C)N1CCOCC1C.CCC1CN(C(C)C)CCO1.CCC1CN(C(C)C)CCO1.CCC1COCCN1C(C)C.CCC1COCCN1C(C)C. The Morgan fingerprint density at radius 3 is 1.04 bits per heavy atom. The number of rotatable bonds is 9. The average Bonchev–Trinajstić information content (AvgIpc) is 3.18. The maximum atomic E-state index is 5.57. The summed E-state index contributed by atoms with van der Waals surface area (Å²) in [4.78, 5) is 12.5. The van der Waals surface area contributed by atoms with Crippen LogP contribution in [0.5, 0.6) is 0 Å². The van der Waals surface area contributed by atoms with E-state index in [0.717, 1.165) is 112 Å². The second-order valence-electron chi connectivity index (χ2n) is 17.2. The third-order valence-corrected chi connectivity index (χ3v) is 11.6. The quantitative estimate of drug-likeness (QED) is 0.232. The zero-order chi connectivity index (χ0) is 40.6. The van der Waals surface area contributed by atoms with E-state index < -0.39 is 0 Å². The molecule has 10 heteroatoms. The summed E-state index contributed by atoms with van der Waals surface area (Å²) in [6.45, 7) is 48.6. The van der Waals surface area contributed by atoms with Gasteiger partial charge in [-0.2, -0.15) is 0 Å². The predicted molar refractivity (Wildman–Crippen MR) is 236 cm³/mol. The Hall–Kier alpha value is -0.400. The summed E-state index contributed by atoms with van der Waals surface area (Å²) in [5.41, 5.74) is 0. The second-order valence-corrected chi connectivity index (χ2v) is 17.2. The molecule has 0 spiro atoms. The van der Waals surface area contributed by atoms with E-state index in [1.807, 2.05) is 0 Å². The van der Waals surface area contributed by atoms with Crippen molar-refractivity contribution in [2.45, 2.75) is 198 Å². The third kappa shape index (κ3) is 22.0. The summed E-state index contributed by atoms with van der Waals surface area (Å²) < 4.78 is 27.3. The van der Waals surface area contributed by atoms with Crippen LogP contribution >= 0.6 is 0 Å². The summed E-state index contributed by atoms with van der Waals surface area (Å²) >= 11 is 0. The number of hydrogen-bond acceptors (Lipinski definition) is 10. The highest BCUT2D eigenvalue weighted by molar-refractivity contribution is 4.78. The van der Waals surface area contributed by atoms with Crippen molar-refractivity contribution in [3.8, 4) is 0 Å². The van der Waals surface area contributed by atoms with Crippen molar-refractivity contribution in [2.75, 3.05) is 98.7 Å². The van der Waals surface area contributed by atoms with Gasteiger partial charge in [0, 0.05) is 94.1 Å². The standard InChI is InChI=1S/4C9H19NO.C8H17NO.CH4/c2*1-4-9-7-11-6-5-10(9)8(2)3;2*1-4-9-7-10(8(2)3)5-6-11-9;1-7(2)9-4-5-10-6-8(9)3;/h4*8-9H,4-7H2,1-3H3;7-8H,4-6H2,1-3H3;1H4. The van der Waals surface area contributed by atoms with E-state index >= 15 is 0 Å². The summed E-state index contributed by atoms with van der Waals surface area (Å²) in [6.07, 6.45) is 5.65. The maximum absolute atomic E-state index is 5.57. The number of hydrogen-bond donors (Lipinski definition) is 0. The molecular formula is C45H97N5O5. The fourth-order valence-corrected chi connectivity index (χ4v) is 7.82. The Balaban J connectivity index is 0.000000660. The topological polar surface area (TPSA) is 62.4 Å². The molecule has 5 rings (SSSR count). The molecule has 5 aliphatic heterocycles. The van der Waals surface area contributed by atoms with Crippen molar-refractivity contribution in [1.29, 1.82) is 0 Å². The molecule has 5 atom stereocenters. The monoisotopic (exact) mass is 788 g/mol. The van der Waals surface area contributed by atoms with Gasteiger partial charge in [-0.1, -0.05) is 35.1 Å². The summed E-state index contributed by atoms with van der Waals surface area (Å²) in [5, 5.41) is 0. The highest BCUT2D eigenvalue weighted by atomic mass is 16.5. The highest BCUT2D eigenvalue weighted by Crippen LogP contribution is 2.15. The molecule has 5 heterocycles.